The van der Waals surface area contributed by atoms with Gasteiger partial charge < -0.3 is 10.4 Å². The first-order valence-corrected chi connectivity index (χ1v) is 6.34. The number of benzene rings is 1. The summed E-state index contributed by atoms with van der Waals surface area (Å²) < 4.78 is 1.02. The third-order valence-electron chi connectivity index (χ3n) is 2.49. The summed E-state index contributed by atoms with van der Waals surface area (Å²) in [6.45, 7) is 4.26. The molecule has 0 radical (unpaired) electrons. The van der Waals surface area contributed by atoms with E-state index in [9.17, 15) is 5.11 Å². The number of rotatable bonds is 3. The molecule has 1 unspecified atom stereocenters. The van der Waals surface area contributed by atoms with E-state index in [4.69, 9.17) is 0 Å². The predicted molar refractivity (Wildman–Crippen MR) is 74.4 cm³/mol. The number of nitrogens with zero attached hydrogens (tertiary/aromatic N) is 1. The molecule has 0 aliphatic heterocycles. The van der Waals surface area contributed by atoms with Gasteiger partial charge in [0.1, 0.15) is 0 Å². The number of anilines is 1. The number of fused-ring (bicyclic) bond motifs is 1. The van der Waals surface area contributed by atoms with Gasteiger partial charge in [-0.1, -0.05) is 15.9 Å². The van der Waals surface area contributed by atoms with Gasteiger partial charge in [0, 0.05) is 27.8 Å². The van der Waals surface area contributed by atoms with Crippen LogP contribution in [-0.4, -0.2) is 22.7 Å². The summed E-state index contributed by atoms with van der Waals surface area (Å²) in [5.41, 5.74) is 2.93. The molecule has 1 aromatic carbocycles. The fourth-order valence-electron chi connectivity index (χ4n) is 1.73. The zero-order valence-electron chi connectivity index (χ0n) is 9.87. The molecule has 1 aromatic heterocycles. The molecule has 2 rings (SSSR count). The number of nitrogens with one attached hydrogen (secondary N) is 1. The Kier molecular flexibility index (Phi) is 3.64. The summed E-state index contributed by atoms with van der Waals surface area (Å²) in [5, 5.41) is 13.6. The maximum atomic E-state index is 9.32. The van der Waals surface area contributed by atoms with Gasteiger partial charge in [0.2, 0.25) is 0 Å². The molecule has 0 amide bonds. The van der Waals surface area contributed by atoms with Gasteiger partial charge in [-0.05, 0) is 38.1 Å². The van der Waals surface area contributed by atoms with Crippen molar-refractivity contribution >= 4 is 32.5 Å². The van der Waals surface area contributed by atoms with Crippen LogP contribution in [0.1, 0.15) is 12.6 Å². The van der Waals surface area contributed by atoms with Gasteiger partial charge in [0.05, 0.1) is 11.6 Å². The van der Waals surface area contributed by atoms with E-state index in [1.54, 1.807) is 6.92 Å². The summed E-state index contributed by atoms with van der Waals surface area (Å²) in [6.07, 6.45) is -0.370. The quantitative estimate of drug-likeness (QED) is 0.914. The maximum Gasteiger partial charge on any atom is 0.0726 e. The van der Waals surface area contributed by atoms with Crippen molar-refractivity contribution in [3.63, 3.8) is 0 Å². The van der Waals surface area contributed by atoms with Crippen LogP contribution in [0.2, 0.25) is 0 Å². The van der Waals surface area contributed by atoms with Crippen LogP contribution in [0, 0.1) is 6.92 Å². The van der Waals surface area contributed by atoms with Crippen molar-refractivity contribution in [2.24, 2.45) is 0 Å². The highest BCUT2D eigenvalue weighted by atomic mass is 79.9. The van der Waals surface area contributed by atoms with E-state index in [0.29, 0.717) is 6.54 Å². The van der Waals surface area contributed by atoms with E-state index in [1.165, 1.54) is 0 Å². The number of hydrogen-bond acceptors (Lipinski definition) is 3. The molecule has 90 valence electrons. The van der Waals surface area contributed by atoms with E-state index >= 15 is 0 Å². The first-order chi connectivity index (χ1) is 8.06. The van der Waals surface area contributed by atoms with Crippen molar-refractivity contribution in [1.29, 1.82) is 0 Å². The molecule has 0 fully saturated rings. The molecule has 4 heteroatoms. The number of hydrogen-bond donors (Lipinski definition) is 2. The summed E-state index contributed by atoms with van der Waals surface area (Å²) in [4.78, 5) is 4.48. The fraction of sp³-hybridized carbons (Fsp3) is 0.308. The highest BCUT2D eigenvalue weighted by Gasteiger charge is 2.05. The van der Waals surface area contributed by atoms with E-state index < -0.39 is 0 Å². The van der Waals surface area contributed by atoms with Crippen molar-refractivity contribution in [2.75, 3.05) is 11.9 Å². The summed E-state index contributed by atoms with van der Waals surface area (Å²) in [5.74, 6) is 0. The number of pyridine rings is 1. The first-order valence-electron chi connectivity index (χ1n) is 5.55. The molecule has 1 heterocycles. The first kappa shape index (κ1) is 12.3. The number of aromatic nitrogens is 1. The van der Waals surface area contributed by atoms with Crippen LogP contribution in [0.3, 0.4) is 0 Å². The number of aryl methyl sites for hydroxylation is 1. The number of aliphatic hydroxyl groups excluding tert-OH is 1. The maximum absolute atomic E-state index is 9.32. The highest BCUT2D eigenvalue weighted by Crippen LogP contribution is 2.26. The monoisotopic (exact) mass is 294 g/mol. The Morgan fingerprint density at radius 2 is 2.18 bits per heavy atom. The zero-order valence-corrected chi connectivity index (χ0v) is 11.5. The molecule has 0 aliphatic rings. The minimum Gasteiger partial charge on any atom is -0.392 e. The molecule has 17 heavy (non-hydrogen) atoms. The van der Waals surface area contributed by atoms with Gasteiger partial charge in [-0.25, -0.2) is 0 Å². The summed E-state index contributed by atoms with van der Waals surface area (Å²) in [6, 6.07) is 8.00. The van der Waals surface area contributed by atoms with Gasteiger partial charge in [0.25, 0.3) is 0 Å². The smallest absolute Gasteiger partial charge is 0.0726 e. The highest BCUT2D eigenvalue weighted by molar-refractivity contribution is 9.10. The summed E-state index contributed by atoms with van der Waals surface area (Å²) >= 11 is 3.46. The van der Waals surface area contributed by atoms with Crippen LogP contribution in [0.5, 0.6) is 0 Å². The van der Waals surface area contributed by atoms with Gasteiger partial charge in [-0.2, -0.15) is 0 Å². The average molecular weight is 295 g/mol. The molecule has 2 aromatic rings. The Hall–Kier alpha value is -1.13. The van der Waals surface area contributed by atoms with Crippen molar-refractivity contribution in [2.45, 2.75) is 20.0 Å². The summed E-state index contributed by atoms with van der Waals surface area (Å²) in [7, 11) is 0. The Bertz CT molecular complexity index is 540. The molecule has 0 aliphatic carbocycles. The third-order valence-corrected chi connectivity index (χ3v) is 2.98. The lowest BCUT2D eigenvalue weighted by Crippen LogP contribution is -2.15. The van der Waals surface area contributed by atoms with E-state index in [-0.39, 0.29) is 6.10 Å². The van der Waals surface area contributed by atoms with Crippen LogP contribution in [0.4, 0.5) is 5.69 Å². The topological polar surface area (TPSA) is 45.1 Å². The molecule has 3 nitrogen and oxygen atoms in total. The SMILES string of the molecule is Cc1cc(NCC(C)O)c2cc(Br)ccc2n1. The van der Waals surface area contributed by atoms with Crippen LogP contribution in [-0.2, 0) is 0 Å². The number of halogens is 1. The standard InChI is InChI=1S/C13H15BrN2O/c1-8-5-13(15-7-9(2)17)11-6-10(14)3-4-12(11)16-8/h3-6,9,17H,7H2,1-2H3,(H,15,16). The second-order valence-corrected chi connectivity index (χ2v) is 5.12. The molecule has 0 saturated carbocycles. The van der Waals surface area contributed by atoms with Crippen LogP contribution < -0.4 is 5.32 Å². The van der Waals surface area contributed by atoms with Gasteiger partial charge in [0.15, 0.2) is 0 Å². The van der Waals surface area contributed by atoms with Gasteiger partial charge in [-0.3, -0.25) is 4.98 Å². The minimum absolute atomic E-state index is 0.370. The minimum atomic E-state index is -0.370. The normalized spacial score (nSPS) is 12.7. The largest absolute Gasteiger partial charge is 0.392 e. The van der Waals surface area contributed by atoms with Gasteiger partial charge in [-0.15, -0.1) is 0 Å². The van der Waals surface area contributed by atoms with E-state index in [2.05, 4.69) is 26.2 Å². The Labute approximate surface area is 109 Å². The molecule has 1 atom stereocenters. The fourth-order valence-corrected chi connectivity index (χ4v) is 2.10. The molecule has 0 spiro atoms. The zero-order chi connectivity index (χ0) is 12.4. The van der Waals surface area contributed by atoms with Crippen LogP contribution in [0.15, 0.2) is 28.7 Å². The second-order valence-electron chi connectivity index (χ2n) is 4.20. The molecular weight excluding hydrogens is 280 g/mol. The third kappa shape index (κ3) is 2.96. The molecular formula is C13H15BrN2O. The van der Waals surface area contributed by atoms with Crippen molar-refractivity contribution in [3.05, 3.63) is 34.4 Å². The van der Waals surface area contributed by atoms with Gasteiger partial charge >= 0.3 is 0 Å². The van der Waals surface area contributed by atoms with Crippen LogP contribution in [0.25, 0.3) is 10.9 Å². The Morgan fingerprint density at radius 1 is 1.41 bits per heavy atom. The molecule has 2 N–H and O–H groups in total. The van der Waals surface area contributed by atoms with E-state index in [1.807, 2.05) is 31.2 Å². The predicted octanol–water partition coefficient (Wildman–Crippen LogP) is 3.10. The molecule has 0 saturated heterocycles. The Balaban J connectivity index is 2.48. The molecule has 0 bridgehead atoms. The number of aliphatic hydroxyl groups is 1. The average Bonchev–Trinajstić information content (AvgIpc) is 2.26. The van der Waals surface area contributed by atoms with Crippen molar-refractivity contribution in [3.8, 4) is 0 Å². The van der Waals surface area contributed by atoms with Crippen LogP contribution >= 0.6 is 15.9 Å². The lowest BCUT2D eigenvalue weighted by atomic mass is 10.1. The lowest BCUT2D eigenvalue weighted by Gasteiger charge is -2.12. The Morgan fingerprint density at radius 3 is 2.88 bits per heavy atom. The second kappa shape index (κ2) is 5.02. The van der Waals surface area contributed by atoms with Crippen molar-refractivity contribution < 1.29 is 5.11 Å². The van der Waals surface area contributed by atoms with E-state index in [0.717, 1.165) is 26.8 Å². The van der Waals surface area contributed by atoms with Crippen molar-refractivity contribution in [1.82, 2.24) is 4.98 Å². The lowest BCUT2D eigenvalue weighted by molar-refractivity contribution is 0.208.